The predicted octanol–water partition coefficient (Wildman–Crippen LogP) is 2.88. The van der Waals surface area contributed by atoms with Gasteiger partial charge in [0.05, 0.1) is 11.7 Å². The fraction of sp³-hybridized carbons (Fsp3) is 0.444. The molecule has 2 aromatic rings. The maximum absolute atomic E-state index is 4.81. The molecule has 1 atom stereocenters. The van der Waals surface area contributed by atoms with Crippen molar-refractivity contribution in [2.45, 2.75) is 37.8 Å². The van der Waals surface area contributed by atoms with Crippen molar-refractivity contribution in [1.29, 1.82) is 0 Å². The van der Waals surface area contributed by atoms with Crippen molar-refractivity contribution in [3.8, 4) is 0 Å². The van der Waals surface area contributed by atoms with Crippen molar-refractivity contribution >= 4 is 5.70 Å². The molecule has 4 aliphatic rings. The van der Waals surface area contributed by atoms with Crippen molar-refractivity contribution in [3.05, 3.63) is 54.1 Å². The average molecular weight is 292 g/mol. The van der Waals surface area contributed by atoms with E-state index in [1.807, 2.05) is 0 Å². The van der Waals surface area contributed by atoms with Crippen LogP contribution in [0.2, 0.25) is 0 Å². The molecule has 0 amide bonds. The van der Waals surface area contributed by atoms with Crippen LogP contribution in [-0.4, -0.2) is 32.3 Å². The molecule has 6 rings (SSSR count). The van der Waals surface area contributed by atoms with E-state index in [0.29, 0.717) is 12.1 Å². The molecule has 3 aliphatic heterocycles. The van der Waals surface area contributed by atoms with Crippen LogP contribution >= 0.6 is 0 Å². The molecule has 1 unspecified atom stereocenters. The number of rotatable bonds is 3. The van der Waals surface area contributed by atoms with Crippen molar-refractivity contribution in [3.63, 3.8) is 0 Å². The summed E-state index contributed by atoms with van der Waals surface area (Å²) in [6.45, 7) is 5.43. The van der Waals surface area contributed by atoms with Crippen LogP contribution in [0.3, 0.4) is 0 Å². The zero-order valence-corrected chi connectivity index (χ0v) is 12.7. The summed E-state index contributed by atoms with van der Waals surface area (Å²) in [4.78, 5) is 7.20. The summed E-state index contributed by atoms with van der Waals surface area (Å²) in [5.74, 6) is 2.83. The van der Waals surface area contributed by atoms with Crippen LogP contribution in [0.1, 0.15) is 42.5 Å². The van der Waals surface area contributed by atoms with Gasteiger partial charge >= 0.3 is 0 Å². The minimum absolute atomic E-state index is 0.331. The Morgan fingerprint density at radius 2 is 2.00 bits per heavy atom. The van der Waals surface area contributed by atoms with Gasteiger partial charge in [-0.3, -0.25) is 0 Å². The molecule has 3 fully saturated rings. The Morgan fingerprint density at radius 3 is 2.73 bits per heavy atom. The monoisotopic (exact) mass is 292 g/mol. The van der Waals surface area contributed by atoms with Gasteiger partial charge in [0, 0.05) is 19.0 Å². The number of aryl methyl sites for hydroxylation is 1. The molecule has 1 aromatic heterocycles. The number of fused-ring (bicyclic) bond motifs is 2. The van der Waals surface area contributed by atoms with Gasteiger partial charge in [-0.15, -0.1) is 5.10 Å². The molecular formula is C18H20N4. The van der Waals surface area contributed by atoms with Crippen molar-refractivity contribution in [1.82, 2.24) is 19.7 Å². The second-order valence-electron chi connectivity index (χ2n) is 6.85. The Labute approximate surface area is 130 Å². The molecular weight excluding hydrogens is 272 g/mol. The quantitative estimate of drug-likeness (QED) is 0.872. The van der Waals surface area contributed by atoms with Crippen LogP contribution in [0.5, 0.6) is 0 Å². The Morgan fingerprint density at radius 1 is 1.18 bits per heavy atom. The topological polar surface area (TPSA) is 34.0 Å². The Kier molecular flexibility index (Phi) is 2.52. The summed E-state index contributed by atoms with van der Waals surface area (Å²) in [7, 11) is 0. The van der Waals surface area contributed by atoms with E-state index in [2.05, 4.69) is 46.5 Å². The van der Waals surface area contributed by atoms with Crippen LogP contribution in [0.15, 0.2) is 36.9 Å². The highest BCUT2D eigenvalue weighted by Gasteiger charge is 2.44. The Balaban J connectivity index is 1.45. The molecule has 2 saturated heterocycles. The standard InChI is InChI=1S/C18H20N4/c1-12(21-11-13-9-15(21)10-13)18-19-17-8-7-16(22(17)20-18)14-5-3-2-4-6-14/h2-6,13,15-16H,1,7-11H2. The molecule has 22 heavy (non-hydrogen) atoms. The third kappa shape index (κ3) is 1.70. The lowest BCUT2D eigenvalue weighted by Gasteiger charge is -2.27. The average Bonchev–Trinajstić information content (AvgIpc) is 3.25. The van der Waals surface area contributed by atoms with E-state index in [9.17, 15) is 0 Å². The molecule has 4 nitrogen and oxygen atoms in total. The van der Waals surface area contributed by atoms with E-state index in [1.165, 1.54) is 18.4 Å². The fourth-order valence-corrected chi connectivity index (χ4v) is 4.26. The third-order valence-electron chi connectivity index (χ3n) is 5.53. The fourth-order valence-electron chi connectivity index (χ4n) is 4.26. The maximum Gasteiger partial charge on any atom is 0.197 e. The van der Waals surface area contributed by atoms with Crippen molar-refractivity contribution < 1.29 is 0 Å². The minimum atomic E-state index is 0.331. The highest BCUT2D eigenvalue weighted by Crippen LogP contribution is 2.44. The lowest BCUT2D eigenvalue weighted by Crippen LogP contribution is -2.27. The first kappa shape index (κ1) is 12.4. The zero-order chi connectivity index (χ0) is 14.7. The molecule has 1 saturated carbocycles. The zero-order valence-electron chi connectivity index (χ0n) is 12.7. The smallest absolute Gasteiger partial charge is 0.197 e. The molecule has 2 bridgehead atoms. The summed E-state index contributed by atoms with van der Waals surface area (Å²) in [6, 6.07) is 11.7. The first-order valence-corrected chi connectivity index (χ1v) is 8.26. The normalized spacial score (nSPS) is 28.5. The van der Waals surface area contributed by atoms with Crippen LogP contribution in [0.4, 0.5) is 0 Å². The Bertz CT molecular complexity index is 727. The number of nitrogens with zero attached hydrogens (tertiary/aromatic N) is 4. The highest BCUT2D eigenvalue weighted by atomic mass is 15.4. The second-order valence-corrected chi connectivity index (χ2v) is 6.85. The van der Waals surface area contributed by atoms with Gasteiger partial charge in [0.1, 0.15) is 5.82 Å². The minimum Gasteiger partial charge on any atom is -0.366 e. The molecule has 0 N–H and O–H groups in total. The van der Waals surface area contributed by atoms with E-state index < -0.39 is 0 Å². The molecule has 112 valence electrons. The van der Waals surface area contributed by atoms with E-state index in [0.717, 1.165) is 42.7 Å². The predicted molar refractivity (Wildman–Crippen MR) is 85.2 cm³/mol. The van der Waals surface area contributed by atoms with Gasteiger partial charge in [-0.1, -0.05) is 36.9 Å². The van der Waals surface area contributed by atoms with Gasteiger partial charge in [-0.2, -0.15) is 0 Å². The molecule has 1 aliphatic carbocycles. The van der Waals surface area contributed by atoms with Crippen LogP contribution in [-0.2, 0) is 6.42 Å². The number of hydrogen-bond acceptors (Lipinski definition) is 3. The summed E-state index contributed by atoms with van der Waals surface area (Å²) >= 11 is 0. The molecule has 1 aromatic carbocycles. The second kappa shape index (κ2) is 4.45. The largest absolute Gasteiger partial charge is 0.366 e. The summed E-state index contributed by atoms with van der Waals surface area (Å²) in [6.07, 6.45) is 4.77. The van der Waals surface area contributed by atoms with E-state index in [1.54, 1.807) is 0 Å². The van der Waals surface area contributed by atoms with Crippen LogP contribution in [0, 0.1) is 5.92 Å². The molecule has 0 spiro atoms. The van der Waals surface area contributed by atoms with E-state index >= 15 is 0 Å². The maximum atomic E-state index is 4.81. The third-order valence-corrected chi connectivity index (χ3v) is 5.53. The van der Waals surface area contributed by atoms with E-state index in [-0.39, 0.29) is 0 Å². The number of hydrogen-bond donors (Lipinski definition) is 0. The van der Waals surface area contributed by atoms with Crippen LogP contribution in [0.25, 0.3) is 5.70 Å². The first-order valence-electron chi connectivity index (χ1n) is 8.26. The van der Waals surface area contributed by atoms with Gasteiger partial charge in [0.15, 0.2) is 5.82 Å². The summed E-state index contributed by atoms with van der Waals surface area (Å²) < 4.78 is 2.12. The van der Waals surface area contributed by atoms with Crippen LogP contribution < -0.4 is 0 Å². The lowest BCUT2D eigenvalue weighted by atomic mass is 9.86. The first-order chi connectivity index (χ1) is 10.8. The summed E-state index contributed by atoms with van der Waals surface area (Å²) in [5, 5.41) is 4.81. The SMILES string of the molecule is C=C(c1nc2n(n1)C(c1ccccc1)CC2)N1CC2CC1C2. The van der Waals surface area contributed by atoms with Gasteiger partial charge < -0.3 is 4.90 Å². The molecule has 0 radical (unpaired) electrons. The van der Waals surface area contributed by atoms with Crippen molar-refractivity contribution in [2.24, 2.45) is 5.92 Å². The van der Waals surface area contributed by atoms with Gasteiger partial charge in [-0.05, 0) is 30.7 Å². The lowest BCUT2D eigenvalue weighted by molar-refractivity contribution is 0.314. The summed E-state index contributed by atoms with van der Waals surface area (Å²) in [5.41, 5.74) is 2.35. The van der Waals surface area contributed by atoms with Gasteiger partial charge in [0.2, 0.25) is 0 Å². The molecule has 4 heteroatoms. The van der Waals surface area contributed by atoms with Crippen molar-refractivity contribution in [2.75, 3.05) is 6.54 Å². The molecule has 4 heterocycles. The highest BCUT2D eigenvalue weighted by molar-refractivity contribution is 5.56. The number of benzene rings is 1. The van der Waals surface area contributed by atoms with Gasteiger partial charge in [-0.25, -0.2) is 9.67 Å². The van der Waals surface area contributed by atoms with Gasteiger partial charge in [0.25, 0.3) is 0 Å². The number of aromatic nitrogens is 3. The Hall–Kier alpha value is -2.10. The van der Waals surface area contributed by atoms with E-state index in [4.69, 9.17) is 10.1 Å².